The summed E-state index contributed by atoms with van der Waals surface area (Å²) < 4.78 is 10.7. The molecule has 0 N–H and O–H groups in total. The van der Waals surface area contributed by atoms with Crippen LogP contribution in [0.5, 0.6) is 5.75 Å². The Balaban J connectivity index is 1.79. The van der Waals surface area contributed by atoms with Gasteiger partial charge < -0.3 is 9.47 Å². The van der Waals surface area contributed by atoms with Crippen molar-refractivity contribution in [2.24, 2.45) is 0 Å². The van der Waals surface area contributed by atoms with Gasteiger partial charge in [-0.15, -0.1) is 0 Å². The lowest BCUT2D eigenvalue weighted by atomic mass is 10.1. The molecule has 0 fully saturated rings. The average Bonchev–Trinajstić information content (AvgIpc) is 2.75. The highest BCUT2D eigenvalue weighted by Crippen LogP contribution is 2.11. The Morgan fingerprint density at radius 3 is 2.00 bits per heavy atom. The van der Waals surface area contributed by atoms with Gasteiger partial charge in [-0.2, -0.15) is 0 Å². The molecule has 0 saturated heterocycles. The first-order valence-electron chi connectivity index (χ1n) is 11.8. The number of ether oxygens (including phenoxy) is 2. The van der Waals surface area contributed by atoms with Crippen molar-refractivity contribution in [3.63, 3.8) is 0 Å². The standard InChI is InChI=1S/C26H42O3/c1-2-3-4-5-6-7-8-9-10-11-12-13-14-15-19-22-26(27)29-24-23-28-25-20-17-16-18-21-25/h9-10,16-18,20-21H,2-8,11-15,19,22-24H2,1H3. The number of allylic oxidation sites excluding steroid dienone is 2. The molecular weight excluding hydrogens is 360 g/mol. The zero-order valence-corrected chi connectivity index (χ0v) is 18.6. The van der Waals surface area contributed by atoms with Gasteiger partial charge in [0.1, 0.15) is 19.0 Å². The van der Waals surface area contributed by atoms with Crippen LogP contribution >= 0.6 is 0 Å². The quantitative estimate of drug-likeness (QED) is 0.135. The van der Waals surface area contributed by atoms with E-state index in [9.17, 15) is 4.79 Å². The molecular formula is C26H42O3. The normalized spacial score (nSPS) is 11.1. The van der Waals surface area contributed by atoms with Gasteiger partial charge in [-0.3, -0.25) is 4.79 Å². The molecule has 1 aromatic rings. The third-order valence-corrected chi connectivity index (χ3v) is 5.00. The molecule has 0 aliphatic carbocycles. The highest BCUT2D eigenvalue weighted by molar-refractivity contribution is 5.69. The zero-order chi connectivity index (χ0) is 20.8. The molecule has 0 unspecified atom stereocenters. The predicted octanol–water partition coefficient (Wildman–Crippen LogP) is 7.65. The van der Waals surface area contributed by atoms with Gasteiger partial charge in [-0.25, -0.2) is 0 Å². The van der Waals surface area contributed by atoms with E-state index >= 15 is 0 Å². The van der Waals surface area contributed by atoms with Crippen LogP contribution in [0.4, 0.5) is 0 Å². The number of hydrogen-bond acceptors (Lipinski definition) is 3. The summed E-state index contributed by atoms with van der Waals surface area (Å²) >= 11 is 0. The molecule has 0 aromatic heterocycles. The van der Waals surface area contributed by atoms with E-state index in [0.29, 0.717) is 19.6 Å². The molecule has 0 heterocycles. The lowest BCUT2D eigenvalue weighted by Gasteiger charge is -2.07. The maximum absolute atomic E-state index is 11.7. The highest BCUT2D eigenvalue weighted by Gasteiger charge is 2.02. The molecule has 29 heavy (non-hydrogen) atoms. The average molecular weight is 403 g/mol. The summed E-state index contributed by atoms with van der Waals surface area (Å²) in [5, 5.41) is 0. The molecule has 0 aliphatic rings. The summed E-state index contributed by atoms with van der Waals surface area (Å²) in [6.45, 7) is 2.99. The minimum Gasteiger partial charge on any atom is -0.490 e. The van der Waals surface area contributed by atoms with Crippen LogP contribution in [0.3, 0.4) is 0 Å². The van der Waals surface area contributed by atoms with E-state index in [1.165, 1.54) is 70.6 Å². The minimum atomic E-state index is -0.112. The summed E-state index contributed by atoms with van der Waals surface area (Å²) in [7, 11) is 0. The fraction of sp³-hybridized carbons (Fsp3) is 0.654. The highest BCUT2D eigenvalue weighted by atomic mass is 16.6. The first kappa shape index (κ1) is 25.3. The van der Waals surface area contributed by atoms with E-state index in [4.69, 9.17) is 9.47 Å². The van der Waals surface area contributed by atoms with Gasteiger partial charge in [0.2, 0.25) is 0 Å². The molecule has 164 valence electrons. The molecule has 1 rings (SSSR count). The number of esters is 1. The van der Waals surface area contributed by atoms with Gasteiger partial charge in [0.15, 0.2) is 0 Å². The molecule has 1 aromatic carbocycles. The molecule has 0 spiro atoms. The van der Waals surface area contributed by atoms with Crippen molar-refractivity contribution in [1.82, 2.24) is 0 Å². The van der Waals surface area contributed by atoms with Crippen LogP contribution in [0.15, 0.2) is 42.5 Å². The van der Waals surface area contributed by atoms with E-state index in [1.807, 2.05) is 30.3 Å². The van der Waals surface area contributed by atoms with Crippen LogP contribution in [0.1, 0.15) is 96.8 Å². The molecule has 0 radical (unpaired) electrons. The van der Waals surface area contributed by atoms with Gasteiger partial charge in [0.25, 0.3) is 0 Å². The first-order chi connectivity index (χ1) is 14.3. The fourth-order valence-corrected chi connectivity index (χ4v) is 3.24. The summed E-state index contributed by atoms with van der Waals surface area (Å²) in [6.07, 6.45) is 21.6. The topological polar surface area (TPSA) is 35.5 Å². The number of para-hydroxylation sites is 1. The fourth-order valence-electron chi connectivity index (χ4n) is 3.24. The Morgan fingerprint density at radius 2 is 1.34 bits per heavy atom. The monoisotopic (exact) mass is 402 g/mol. The Morgan fingerprint density at radius 1 is 0.759 bits per heavy atom. The van der Waals surface area contributed by atoms with Crippen LogP contribution in [0.2, 0.25) is 0 Å². The van der Waals surface area contributed by atoms with Gasteiger partial charge >= 0.3 is 5.97 Å². The smallest absolute Gasteiger partial charge is 0.305 e. The van der Waals surface area contributed by atoms with Crippen molar-refractivity contribution in [3.05, 3.63) is 42.5 Å². The number of unbranched alkanes of at least 4 members (excludes halogenated alkanes) is 11. The number of hydrogen-bond donors (Lipinski definition) is 0. The Hall–Kier alpha value is -1.77. The maximum atomic E-state index is 11.7. The molecule has 0 bridgehead atoms. The van der Waals surface area contributed by atoms with E-state index in [1.54, 1.807) is 0 Å². The third kappa shape index (κ3) is 16.9. The van der Waals surface area contributed by atoms with Crippen LogP contribution in [-0.4, -0.2) is 19.2 Å². The molecule has 3 heteroatoms. The summed E-state index contributed by atoms with van der Waals surface area (Å²) in [6, 6.07) is 9.59. The van der Waals surface area contributed by atoms with Crippen LogP contribution < -0.4 is 4.74 Å². The molecule has 3 nitrogen and oxygen atoms in total. The Kier molecular flexibility index (Phi) is 17.0. The van der Waals surface area contributed by atoms with Crippen LogP contribution in [0, 0.1) is 0 Å². The van der Waals surface area contributed by atoms with Gasteiger partial charge in [-0.05, 0) is 44.2 Å². The third-order valence-electron chi connectivity index (χ3n) is 5.00. The maximum Gasteiger partial charge on any atom is 0.305 e. The second-order valence-corrected chi connectivity index (χ2v) is 7.72. The van der Waals surface area contributed by atoms with Crippen molar-refractivity contribution in [1.29, 1.82) is 0 Å². The molecule has 0 atom stereocenters. The van der Waals surface area contributed by atoms with E-state index in [-0.39, 0.29) is 5.97 Å². The number of carbonyl (C=O) groups excluding carboxylic acids is 1. The van der Waals surface area contributed by atoms with E-state index in [2.05, 4.69) is 19.1 Å². The minimum absolute atomic E-state index is 0.112. The zero-order valence-electron chi connectivity index (χ0n) is 18.6. The van der Waals surface area contributed by atoms with Crippen molar-refractivity contribution in [2.75, 3.05) is 13.2 Å². The lowest BCUT2D eigenvalue weighted by Crippen LogP contribution is -2.11. The van der Waals surface area contributed by atoms with Crippen LogP contribution in [0.25, 0.3) is 0 Å². The second-order valence-electron chi connectivity index (χ2n) is 7.72. The lowest BCUT2D eigenvalue weighted by molar-refractivity contribution is -0.144. The SMILES string of the molecule is CCCCCCCCC=CCCCCCCCC(=O)OCCOc1ccccc1. The Labute approximate surface area is 178 Å². The number of benzene rings is 1. The van der Waals surface area contributed by atoms with Gasteiger partial charge in [-0.1, -0.05) is 88.6 Å². The first-order valence-corrected chi connectivity index (χ1v) is 11.8. The van der Waals surface area contributed by atoms with Crippen molar-refractivity contribution >= 4 is 5.97 Å². The Bertz CT molecular complexity index is 510. The molecule has 0 amide bonds. The van der Waals surface area contributed by atoms with Gasteiger partial charge in [0.05, 0.1) is 0 Å². The van der Waals surface area contributed by atoms with Crippen LogP contribution in [-0.2, 0) is 9.53 Å². The summed E-state index contributed by atoms with van der Waals surface area (Å²) in [5.74, 6) is 0.695. The van der Waals surface area contributed by atoms with E-state index in [0.717, 1.165) is 18.6 Å². The predicted molar refractivity (Wildman–Crippen MR) is 122 cm³/mol. The summed E-state index contributed by atoms with van der Waals surface area (Å²) in [5.41, 5.74) is 0. The largest absolute Gasteiger partial charge is 0.490 e. The molecule has 0 aliphatic heterocycles. The van der Waals surface area contributed by atoms with Crippen molar-refractivity contribution in [3.8, 4) is 5.75 Å². The number of carbonyl (C=O) groups is 1. The van der Waals surface area contributed by atoms with E-state index < -0.39 is 0 Å². The molecule has 0 saturated carbocycles. The van der Waals surface area contributed by atoms with Gasteiger partial charge in [0, 0.05) is 6.42 Å². The van der Waals surface area contributed by atoms with Crippen molar-refractivity contribution in [2.45, 2.75) is 96.8 Å². The van der Waals surface area contributed by atoms with Crippen molar-refractivity contribution < 1.29 is 14.3 Å². The number of rotatable bonds is 19. The summed E-state index contributed by atoms with van der Waals surface area (Å²) in [4.78, 5) is 11.7. The second kappa shape index (κ2) is 19.5.